The first-order valence-corrected chi connectivity index (χ1v) is 9.63. The van der Waals surface area contributed by atoms with Gasteiger partial charge in [0, 0.05) is 17.7 Å². The molecule has 2 atom stereocenters. The maximum Gasteiger partial charge on any atom is 0.207 e. The number of rotatable bonds is 4. The predicted octanol–water partition coefficient (Wildman–Crippen LogP) is 3.77. The van der Waals surface area contributed by atoms with E-state index in [1.165, 1.54) is 0 Å². The van der Waals surface area contributed by atoms with Crippen LogP contribution in [0.5, 0.6) is 5.75 Å². The Balaban J connectivity index is 2.21. The van der Waals surface area contributed by atoms with Crippen molar-refractivity contribution in [2.24, 2.45) is 4.99 Å². The molecule has 0 saturated carbocycles. The lowest BCUT2D eigenvalue weighted by atomic mass is 9.84. The molecule has 0 saturated heterocycles. The van der Waals surface area contributed by atoms with Gasteiger partial charge in [-0.25, -0.2) is 0 Å². The number of amidine groups is 1. The maximum atomic E-state index is 11.3. The summed E-state index contributed by atoms with van der Waals surface area (Å²) in [5, 5.41) is 30.0. The van der Waals surface area contributed by atoms with Crippen molar-refractivity contribution in [1.29, 1.82) is 10.5 Å². The highest BCUT2D eigenvalue weighted by atomic mass is 16.5. The first-order chi connectivity index (χ1) is 13.9. The molecule has 0 bridgehead atoms. The fourth-order valence-corrected chi connectivity index (χ4v) is 3.72. The number of aliphatic imine (C=N–C) groups is 1. The highest BCUT2D eigenvalue weighted by Gasteiger charge is 2.46. The summed E-state index contributed by atoms with van der Waals surface area (Å²) in [6, 6.07) is 16.3. The zero-order valence-electron chi connectivity index (χ0n) is 16.8. The summed E-state index contributed by atoms with van der Waals surface area (Å²) in [5.41, 5.74) is 1.13. The van der Waals surface area contributed by atoms with Crippen molar-refractivity contribution < 1.29 is 9.84 Å². The average Bonchev–Trinajstić information content (AvgIpc) is 2.72. The Morgan fingerprint density at radius 3 is 2.55 bits per heavy atom. The Bertz CT molecular complexity index is 986. The number of nitriles is 2. The molecule has 0 amide bonds. The van der Waals surface area contributed by atoms with Crippen LogP contribution in [-0.4, -0.2) is 34.1 Å². The average molecular weight is 388 g/mol. The molecule has 2 aromatic carbocycles. The van der Waals surface area contributed by atoms with E-state index < -0.39 is 17.7 Å². The van der Waals surface area contributed by atoms with E-state index >= 15 is 0 Å². The van der Waals surface area contributed by atoms with Gasteiger partial charge in [0.25, 0.3) is 0 Å². The minimum Gasteiger partial charge on any atom is -0.485 e. The van der Waals surface area contributed by atoms with Crippen molar-refractivity contribution in [2.75, 3.05) is 6.54 Å². The molecule has 1 heterocycles. The second-order valence-corrected chi connectivity index (χ2v) is 7.55. The molecule has 1 aliphatic rings. The molecule has 0 unspecified atom stereocenters. The summed E-state index contributed by atoms with van der Waals surface area (Å²) >= 11 is 0. The van der Waals surface area contributed by atoms with E-state index in [0.29, 0.717) is 29.3 Å². The third kappa shape index (κ3) is 3.94. The largest absolute Gasteiger partial charge is 0.485 e. The van der Waals surface area contributed by atoms with E-state index in [9.17, 15) is 15.6 Å². The number of aliphatic hydroxyl groups is 1. The van der Waals surface area contributed by atoms with E-state index in [2.05, 4.69) is 11.1 Å². The van der Waals surface area contributed by atoms with Gasteiger partial charge in [0.05, 0.1) is 17.7 Å². The normalized spacial score (nSPS) is 20.0. The van der Waals surface area contributed by atoms with Crippen molar-refractivity contribution in [3.8, 4) is 18.0 Å². The van der Waals surface area contributed by atoms with Gasteiger partial charge in [-0.1, -0.05) is 37.3 Å². The molecule has 0 spiro atoms. The number of aliphatic hydroxyl groups excluding tert-OH is 1. The van der Waals surface area contributed by atoms with E-state index in [1.807, 2.05) is 62.2 Å². The smallest absolute Gasteiger partial charge is 0.207 e. The van der Waals surface area contributed by atoms with Gasteiger partial charge in [-0.15, -0.1) is 0 Å². The predicted molar refractivity (Wildman–Crippen MR) is 110 cm³/mol. The number of fused-ring (bicyclic) bond motifs is 1. The van der Waals surface area contributed by atoms with Crippen LogP contribution in [0.25, 0.3) is 0 Å². The van der Waals surface area contributed by atoms with Crippen molar-refractivity contribution in [3.05, 3.63) is 65.2 Å². The number of nitrogens with zero attached hydrogens (tertiary/aromatic N) is 4. The molecule has 2 aromatic rings. The SMILES string of the molecule is CCCN(C(=NC#N)c1ccccc1)[C@@H]1c2cc(C#N)ccc2OC(C)(C)[C@H]1O. The van der Waals surface area contributed by atoms with E-state index in [0.717, 1.165) is 12.0 Å². The molecule has 0 aromatic heterocycles. The summed E-state index contributed by atoms with van der Waals surface area (Å²) < 4.78 is 6.04. The van der Waals surface area contributed by atoms with Gasteiger partial charge in [0.1, 0.15) is 23.3 Å². The molecular formula is C23H24N4O2. The zero-order chi connectivity index (χ0) is 21.0. The van der Waals surface area contributed by atoms with Gasteiger partial charge in [-0.05, 0) is 38.5 Å². The van der Waals surface area contributed by atoms with Crippen LogP contribution >= 0.6 is 0 Å². The van der Waals surface area contributed by atoms with Gasteiger partial charge in [0.15, 0.2) is 0 Å². The van der Waals surface area contributed by atoms with Crippen LogP contribution in [0.4, 0.5) is 0 Å². The zero-order valence-corrected chi connectivity index (χ0v) is 16.8. The van der Waals surface area contributed by atoms with Gasteiger partial charge in [-0.2, -0.15) is 15.5 Å². The summed E-state index contributed by atoms with van der Waals surface area (Å²) in [7, 11) is 0. The second-order valence-electron chi connectivity index (χ2n) is 7.55. The molecular weight excluding hydrogens is 364 g/mol. The minimum absolute atomic E-state index is 0.485. The molecule has 6 heteroatoms. The number of hydrogen-bond acceptors (Lipinski definition) is 5. The topological polar surface area (TPSA) is 92.6 Å². The molecule has 0 radical (unpaired) electrons. The molecule has 148 valence electrons. The third-order valence-corrected chi connectivity index (χ3v) is 5.10. The van der Waals surface area contributed by atoms with E-state index in [4.69, 9.17) is 4.74 Å². The van der Waals surface area contributed by atoms with Crippen molar-refractivity contribution in [3.63, 3.8) is 0 Å². The van der Waals surface area contributed by atoms with Crippen LogP contribution in [0.2, 0.25) is 0 Å². The lowest BCUT2D eigenvalue weighted by Gasteiger charge is -2.47. The van der Waals surface area contributed by atoms with Crippen molar-refractivity contribution in [2.45, 2.75) is 44.9 Å². The second kappa shape index (κ2) is 8.34. The minimum atomic E-state index is -0.900. The Morgan fingerprint density at radius 2 is 1.93 bits per heavy atom. The van der Waals surface area contributed by atoms with Crippen LogP contribution in [0.3, 0.4) is 0 Å². The van der Waals surface area contributed by atoms with E-state index in [-0.39, 0.29) is 0 Å². The maximum absolute atomic E-state index is 11.3. The Kier molecular flexibility index (Phi) is 5.87. The van der Waals surface area contributed by atoms with E-state index in [1.54, 1.807) is 18.2 Å². The number of benzene rings is 2. The van der Waals surface area contributed by atoms with Crippen molar-refractivity contribution in [1.82, 2.24) is 4.90 Å². The quantitative estimate of drug-likeness (QED) is 0.489. The van der Waals surface area contributed by atoms with Crippen molar-refractivity contribution >= 4 is 5.84 Å². The molecule has 0 aliphatic carbocycles. The summed E-state index contributed by atoms with van der Waals surface area (Å²) in [4.78, 5) is 6.07. The number of hydrogen-bond donors (Lipinski definition) is 1. The van der Waals surface area contributed by atoms with Gasteiger partial charge >= 0.3 is 0 Å². The lowest BCUT2D eigenvalue weighted by Crippen LogP contribution is -2.55. The molecule has 1 N–H and O–H groups in total. The fraction of sp³-hybridized carbons (Fsp3) is 0.348. The third-order valence-electron chi connectivity index (χ3n) is 5.10. The molecule has 6 nitrogen and oxygen atoms in total. The fourth-order valence-electron chi connectivity index (χ4n) is 3.72. The van der Waals surface area contributed by atoms with Crippen LogP contribution < -0.4 is 4.74 Å². The number of ether oxygens (including phenoxy) is 1. The van der Waals surface area contributed by atoms with Gasteiger partial charge in [0.2, 0.25) is 6.19 Å². The first-order valence-electron chi connectivity index (χ1n) is 9.63. The Hall–Kier alpha value is -3.35. The molecule has 0 fully saturated rings. The Labute approximate surface area is 171 Å². The van der Waals surface area contributed by atoms with Crippen LogP contribution in [-0.2, 0) is 0 Å². The lowest BCUT2D eigenvalue weighted by molar-refractivity contribution is -0.0814. The molecule has 1 aliphatic heterocycles. The summed E-state index contributed by atoms with van der Waals surface area (Å²) in [5.74, 6) is 1.11. The molecule has 3 rings (SSSR count). The Morgan fingerprint density at radius 1 is 1.21 bits per heavy atom. The van der Waals surface area contributed by atoms with Crippen LogP contribution in [0.15, 0.2) is 53.5 Å². The van der Waals surface area contributed by atoms with Crippen LogP contribution in [0, 0.1) is 22.8 Å². The standard InChI is InChI=1S/C23H24N4O2/c1-4-12-27(22(26-15-25)17-8-6-5-7-9-17)20-18-13-16(14-24)10-11-19(18)29-23(2,3)21(20)28/h5-11,13,20-21,28H,4,12H2,1-3H3/t20-,21+/m1/s1. The highest BCUT2D eigenvalue weighted by Crippen LogP contribution is 2.43. The monoisotopic (exact) mass is 388 g/mol. The highest BCUT2D eigenvalue weighted by molar-refractivity contribution is 5.99. The summed E-state index contributed by atoms with van der Waals surface area (Å²) in [6.45, 7) is 6.27. The van der Waals surface area contributed by atoms with Crippen LogP contribution in [0.1, 0.15) is 49.9 Å². The van der Waals surface area contributed by atoms with Gasteiger partial charge in [-0.3, -0.25) is 0 Å². The molecule has 29 heavy (non-hydrogen) atoms. The summed E-state index contributed by atoms with van der Waals surface area (Å²) in [6.07, 6.45) is 1.79. The van der Waals surface area contributed by atoms with Gasteiger partial charge < -0.3 is 14.7 Å². The first kappa shape index (κ1) is 20.4.